The summed E-state index contributed by atoms with van der Waals surface area (Å²) in [6, 6.07) is 52.4. The molecule has 0 saturated carbocycles. The fourth-order valence-corrected chi connectivity index (χ4v) is 8.08. The molecule has 0 radical (unpaired) electrons. The predicted octanol–water partition coefficient (Wildman–Crippen LogP) is 14.6. The number of para-hydroxylation sites is 1. The molecule has 7 aromatic rings. The fraction of sp³-hybridized carbons (Fsp3) is 0.0943. The topological polar surface area (TPSA) is 16.4 Å². The zero-order chi connectivity index (χ0) is 37.1. The second-order valence-corrected chi connectivity index (χ2v) is 14.5. The van der Waals surface area contributed by atoms with E-state index in [1.54, 1.807) is 0 Å². The van der Waals surface area contributed by atoms with Crippen molar-refractivity contribution in [2.75, 3.05) is 4.90 Å². The van der Waals surface area contributed by atoms with E-state index in [0.717, 1.165) is 54.1 Å². The van der Waals surface area contributed by atoms with E-state index < -0.39 is 0 Å². The highest BCUT2D eigenvalue weighted by Crippen LogP contribution is 2.44. The SMILES string of the molecule is C=C(/C=C\C=C(/C)c1ccccc1)N(c1ccc(-c2ccc3c(c2)-c2c(oc4ccccc24)CC3)cc1)c1ccc(C2=CC=CCC2)cc1-c1ccccc1. The van der Waals surface area contributed by atoms with Crippen molar-refractivity contribution in [3.05, 3.63) is 217 Å². The Labute approximate surface area is 324 Å². The third-order valence-corrected chi connectivity index (χ3v) is 11.0. The van der Waals surface area contributed by atoms with Crippen LogP contribution in [0.1, 0.15) is 42.2 Å². The standard InChI is InChI=1S/C53H43NO/c1-37(39-17-6-3-7-18-39)15-14-16-38(2)54(50-33-29-45(40-19-8-4-9-20-40)35-48(50)42-21-10-5-11-22-42)46-31-27-41(28-32-46)44-26-25-43-30-34-52-53(49(43)36-44)47-23-12-13-24-51(47)55-52/h3-8,10-19,21-29,31-33,35-36H,2,9,20,30,34H2,1H3/b16-14-,37-15+. The Morgan fingerprint density at radius 3 is 2.20 bits per heavy atom. The molecule has 55 heavy (non-hydrogen) atoms. The third kappa shape index (κ3) is 6.84. The summed E-state index contributed by atoms with van der Waals surface area (Å²) in [5, 5.41) is 1.19. The fourth-order valence-electron chi connectivity index (χ4n) is 8.08. The van der Waals surface area contributed by atoms with Crippen LogP contribution in [0.4, 0.5) is 11.4 Å². The van der Waals surface area contributed by atoms with Gasteiger partial charge in [-0.1, -0.05) is 146 Å². The molecule has 9 rings (SSSR count). The van der Waals surface area contributed by atoms with Gasteiger partial charge < -0.3 is 9.32 Å². The lowest BCUT2D eigenvalue weighted by Gasteiger charge is -2.29. The summed E-state index contributed by atoms with van der Waals surface area (Å²) >= 11 is 0. The molecule has 2 heteroatoms. The molecular weight excluding hydrogens is 667 g/mol. The lowest BCUT2D eigenvalue weighted by molar-refractivity contribution is 0.546. The summed E-state index contributed by atoms with van der Waals surface area (Å²) in [6.07, 6.45) is 17.1. The number of hydrogen-bond donors (Lipinski definition) is 0. The second kappa shape index (κ2) is 15.0. The lowest BCUT2D eigenvalue weighted by atomic mass is 9.86. The van der Waals surface area contributed by atoms with Crippen LogP contribution in [-0.4, -0.2) is 0 Å². The first kappa shape index (κ1) is 34.1. The van der Waals surface area contributed by atoms with Gasteiger partial charge in [0, 0.05) is 34.3 Å². The van der Waals surface area contributed by atoms with E-state index in [2.05, 4.69) is 200 Å². The van der Waals surface area contributed by atoms with Crippen molar-refractivity contribution in [1.29, 1.82) is 0 Å². The van der Waals surface area contributed by atoms with Gasteiger partial charge in [0.05, 0.1) is 5.69 Å². The monoisotopic (exact) mass is 709 g/mol. The summed E-state index contributed by atoms with van der Waals surface area (Å²) in [5.74, 6) is 1.09. The largest absolute Gasteiger partial charge is 0.460 e. The maximum absolute atomic E-state index is 6.32. The Balaban J connectivity index is 1.12. The quantitative estimate of drug-likeness (QED) is 0.139. The van der Waals surface area contributed by atoms with Crippen molar-refractivity contribution in [3.63, 3.8) is 0 Å². The number of nitrogens with zero attached hydrogens (tertiary/aromatic N) is 1. The number of anilines is 2. The van der Waals surface area contributed by atoms with Gasteiger partial charge in [-0.2, -0.15) is 0 Å². The smallest absolute Gasteiger partial charge is 0.134 e. The predicted molar refractivity (Wildman–Crippen MR) is 233 cm³/mol. The van der Waals surface area contributed by atoms with Gasteiger partial charge in [-0.3, -0.25) is 0 Å². The van der Waals surface area contributed by atoms with E-state index in [0.29, 0.717) is 0 Å². The van der Waals surface area contributed by atoms with E-state index in [4.69, 9.17) is 4.42 Å². The van der Waals surface area contributed by atoms with Crippen LogP contribution in [0.5, 0.6) is 0 Å². The van der Waals surface area contributed by atoms with Crippen LogP contribution >= 0.6 is 0 Å². The maximum atomic E-state index is 6.32. The molecule has 0 spiro atoms. The first-order chi connectivity index (χ1) is 27.1. The van der Waals surface area contributed by atoms with Gasteiger partial charge >= 0.3 is 0 Å². The Hall–Kier alpha value is -6.64. The Morgan fingerprint density at radius 1 is 0.673 bits per heavy atom. The zero-order valence-electron chi connectivity index (χ0n) is 31.2. The minimum Gasteiger partial charge on any atom is -0.460 e. The van der Waals surface area contributed by atoms with E-state index in [1.165, 1.54) is 66.6 Å². The molecule has 2 aliphatic rings. The first-order valence-corrected chi connectivity index (χ1v) is 19.3. The first-order valence-electron chi connectivity index (χ1n) is 19.3. The van der Waals surface area contributed by atoms with E-state index >= 15 is 0 Å². The third-order valence-electron chi connectivity index (χ3n) is 11.0. The Bertz CT molecular complexity index is 2650. The molecule has 0 unspecified atom stereocenters. The highest BCUT2D eigenvalue weighted by molar-refractivity contribution is 5.98. The average Bonchev–Trinajstić information content (AvgIpc) is 3.64. The summed E-state index contributed by atoms with van der Waals surface area (Å²) in [6.45, 7) is 6.82. The minimum atomic E-state index is 0.878. The van der Waals surface area contributed by atoms with Crippen molar-refractivity contribution >= 4 is 33.5 Å². The molecule has 1 heterocycles. The van der Waals surface area contributed by atoms with Gasteiger partial charge in [-0.05, 0) is 119 Å². The highest BCUT2D eigenvalue weighted by Gasteiger charge is 2.24. The molecule has 1 aromatic heterocycles. The zero-order valence-corrected chi connectivity index (χ0v) is 31.2. The summed E-state index contributed by atoms with van der Waals surface area (Å²) in [5.41, 5.74) is 17.6. The van der Waals surface area contributed by atoms with Crippen LogP contribution in [0.3, 0.4) is 0 Å². The molecular formula is C53H43NO. The maximum Gasteiger partial charge on any atom is 0.134 e. The lowest BCUT2D eigenvalue weighted by Crippen LogP contribution is -2.15. The van der Waals surface area contributed by atoms with Gasteiger partial charge in [0.1, 0.15) is 11.3 Å². The second-order valence-electron chi connectivity index (χ2n) is 14.5. The van der Waals surface area contributed by atoms with E-state index in [9.17, 15) is 0 Å². The molecule has 0 fully saturated rings. The van der Waals surface area contributed by atoms with Crippen LogP contribution < -0.4 is 4.90 Å². The Kier molecular flexibility index (Phi) is 9.32. The van der Waals surface area contributed by atoms with Crippen LogP contribution in [0.2, 0.25) is 0 Å². The highest BCUT2D eigenvalue weighted by atomic mass is 16.3. The number of furan rings is 1. The molecule has 0 saturated heterocycles. The normalized spacial score (nSPS) is 13.8. The minimum absolute atomic E-state index is 0.878. The van der Waals surface area contributed by atoms with Gasteiger partial charge in [0.25, 0.3) is 0 Å². The van der Waals surface area contributed by atoms with Crippen LogP contribution in [0.25, 0.3) is 55.5 Å². The number of fused-ring (bicyclic) bond motifs is 5. The molecule has 266 valence electrons. The molecule has 2 nitrogen and oxygen atoms in total. The van der Waals surface area contributed by atoms with Gasteiger partial charge in [0.15, 0.2) is 0 Å². The average molecular weight is 710 g/mol. The molecule has 6 aromatic carbocycles. The number of allylic oxidation sites excluding steroid dienone is 8. The van der Waals surface area contributed by atoms with Gasteiger partial charge in [0.2, 0.25) is 0 Å². The van der Waals surface area contributed by atoms with Crippen LogP contribution in [0.15, 0.2) is 199 Å². The Morgan fingerprint density at radius 2 is 1.40 bits per heavy atom. The van der Waals surface area contributed by atoms with Crippen molar-refractivity contribution in [2.24, 2.45) is 0 Å². The molecule has 0 N–H and O–H groups in total. The number of rotatable bonds is 9. The number of benzene rings is 6. The van der Waals surface area contributed by atoms with E-state index in [-0.39, 0.29) is 0 Å². The van der Waals surface area contributed by atoms with E-state index in [1.807, 2.05) is 0 Å². The molecule has 0 aliphatic heterocycles. The van der Waals surface area contributed by atoms with Crippen LogP contribution in [-0.2, 0) is 12.8 Å². The van der Waals surface area contributed by atoms with Gasteiger partial charge in [-0.15, -0.1) is 0 Å². The van der Waals surface area contributed by atoms with Crippen LogP contribution in [0, 0.1) is 0 Å². The van der Waals surface area contributed by atoms with Crippen molar-refractivity contribution in [3.8, 4) is 33.4 Å². The summed E-state index contributed by atoms with van der Waals surface area (Å²) in [7, 11) is 0. The number of hydrogen-bond acceptors (Lipinski definition) is 2. The van der Waals surface area contributed by atoms with Gasteiger partial charge in [-0.25, -0.2) is 0 Å². The number of aryl methyl sites for hydroxylation is 2. The molecule has 2 aliphatic carbocycles. The summed E-state index contributed by atoms with van der Waals surface area (Å²) < 4.78 is 6.32. The van der Waals surface area contributed by atoms with Crippen molar-refractivity contribution in [1.82, 2.24) is 0 Å². The molecule has 0 amide bonds. The molecule has 0 bridgehead atoms. The van der Waals surface area contributed by atoms with Crippen molar-refractivity contribution < 1.29 is 4.42 Å². The summed E-state index contributed by atoms with van der Waals surface area (Å²) in [4.78, 5) is 2.30. The van der Waals surface area contributed by atoms with Crippen molar-refractivity contribution in [2.45, 2.75) is 32.6 Å². The molecule has 0 atom stereocenters.